The van der Waals surface area contributed by atoms with Crippen molar-refractivity contribution in [1.29, 1.82) is 0 Å². The number of thiazole rings is 1. The number of rotatable bonds is 8. The van der Waals surface area contributed by atoms with Crippen LogP contribution in [-0.4, -0.2) is 43.3 Å². The van der Waals surface area contributed by atoms with Gasteiger partial charge in [0.15, 0.2) is 27.8 Å². The summed E-state index contributed by atoms with van der Waals surface area (Å²) in [5.74, 6) is -0.612. The van der Waals surface area contributed by atoms with Crippen LogP contribution in [0.5, 0.6) is 23.0 Å². The highest BCUT2D eigenvalue weighted by Crippen LogP contribution is 2.36. The molecule has 1 aliphatic heterocycles. The van der Waals surface area contributed by atoms with Gasteiger partial charge < -0.3 is 23.7 Å². The predicted octanol–water partition coefficient (Wildman–Crippen LogP) is 2.67. The van der Waals surface area contributed by atoms with Crippen LogP contribution in [0.3, 0.4) is 0 Å². The zero-order valence-corrected chi connectivity index (χ0v) is 24.1. The highest BCUT2D eigenvalue weighted by atomic mass is 32.1. The van der Waals surface area contributed by atoms with Gasteiger partial charge in [0.05, 0.1) is 42.7 Å². The van der Waals surface area contributed by atoms with Crippen LogP contribution in [0, 0.1) is 0 Å². The summed E-state index contributed by atoms with van der Waals surface area (Å²) < 4.78 is 28.3. The molecule has 2 heterocycles. The molecule has 1 aliphatic rings. The number of carbonyl (C=O) groups excluding carboxylic acids is 3. The lowest BCUT2D eigenvalue weighted by Gasteiger charge is -2.25. The maximum absolute atomic E-state index is 13.9. The van der Waals surface area contributed by atoms with Crippen LogP contribution in [-0.2, 0) is 19.1 Å². The molecule has 0 saturated heterocycles. The first-order valence-electron chi connectivity index (χ1n) is 12.5. The van der Waals surface area contributed by atoms with Gasteiger partial charge in [0.1, 0.15) is 0 Å². The molecule has 214 valence electrons. The number of allylic oxidation sites excluding steroid dienone is 1. The highest BCUT2D eigenvalue weighted by molar-refractivity contribution is 7.07. The molecular formula is C29H28N2O9S. The highest BCUT2D eigenvalue weighted by Gasteiger charge is 2.34. The van der Waals surface area contributed by atoms with Gasteiger partial charge in [-0.05, 0) is 55.3 Å². The van der Waals surface area contributed by atoms with Gasteiger partial charge in [-0.2, -0.15) is 0 Å². The topological polar surface area (TPSA) is 132 Å². The van der Waals surface area contributed by atoms with Crippen LogP contribution in [0.1, 0.15) is 44.9 Å². The number of methoxy groups -OCH3 is 2. The first-order chi connectivity index (χ1) is 19.6. The molecule has 0 saturated carbocycles. The standard InChI is InChI=1S/C29H28N2O9S/c1-7-38-28(35)25-15(2)30-29-31(26(25)19-9-11-21(40-17(4)33)23(14-19)37-6)27(34)24(41-29)13-18-8-10-20(39-16(3)32)22(12-18)36-5/h8-14,26H,7H2,1-6H3/b24-13-/t26-/m1/s1. The van der Waals surface area contributed by atoms with Crippen molar-refractivity contribution < 1.29 is 38.1 Å². The van der Waals surface area contributed by atoms with Crippen LogP contribution in [0.15, 0.2) is 57.5 Å². The Hall–Kier alpha value is -4.71. The van der Waals surface area contributed by atoms with Gasteiger partial charge in [0.2, 0.25) is 0 Å². The van der Waals surface area contributed by atoms with E-state index in [1.165, 1.54) is 32.6 Å². The second-order valence-electron chi connectivity index (χ2n) is 8.81. The van der Waals surface area contributed by atoms with E-state index in [1.54, 1.807) is 56.3 Å². The molecule has 0 spiro atoms. The first-order valence-corrected chi connectivity index (χ1v) is 13.3. The average molecular weight is 581 g/mol. The lowest BCUT2D eigenvalue weighted by molar-refractivity contribution is -0.139. The summed E-state index contributed by atoms with van der Waals surface area (Å²) in [4.78, 5) is 54.9. The third kappa shape index (κ3) is 6.07. The zero-order valence-electron chi connectivity index (χ0n) is 23.3. The van der Waals surface area contributed by atoms with Gasteiger partial charge in [-0.3, -0.25) is 19.0 Å². The fourth-order valence-corrected chi connectivity index (χ4v) is 5.41. The molecule has 0 amide bonds. The van der Waals surface area contributed by atoms with Crippen molar-refractivity contribution in [2.24, 2.45) is 4.99 Å². The smallest absolute Gasteiger partial charge is 0.338 e. The molecule has 12 heteroatoms. The van der Waals surface area contributed by atoms with Crippen molar-refractivity contribution in [3.8, 4) is 23.0 Å². The molecule has 1 atom stereocenters. The Morgan fingerprint density at radius 1 is 0.951 bits per heavy atom. The van der Waals surface area contributed by atoms with E-state index < -0.39 is 23.9 Å². The number of aromatic nitrogens is 1. The van der Waals surface area contributed by atoms with Gasteiger partial charge >= 0.3 is 17.9 Å². The van der Waals surface area contributed by atoms with Gasteiger partial charge in [-0.1, -0.05) is 23.5 Å². The minimum atomic E-state index is -0.895. The molecular weight excluding hydrogens is 552 g/mol. The second-order valence-corrected chi connectivity index (χ2v) is 9.82. The molecule has 11 nitrogen and oxygen atoms in total. The molecule has 0 unspecified atom stereocenters. The number of nitrogens with zero attached hydrogens (tertiary/aromatic N) is 2. The Balaban J connectivity index is 1.91. The maximum atomic E-state index is 13.9. The Labute approximate surface area is 238 Å². The van der Waals surface area contributed by atoms with Crippen LogP contribution in [0.25, 0.3) is 6.08 Å². The van der Waals surface area contributed by atoms with E-state index >= 15 is 0 Å². The number of benzene rings is 2. The molecule has 1 aromatic heterocycles. The van der Waals surface area contributed by atoms with Crippen molar-refractivity contribution in [3.63, 3.8) is 0 Å². The predicted molar refractivity (Wildman–Crippen MR) is 149 cm³/mol. The lowest BCUT2D eigenvalue weighted by Crippen LogP contribution is -2.40. The molecule has 3 aromatic rings. The number of hydrogen-bond donors (Lipinski definition) is 0. The van der Waals surface area contributed by atoms with E-state index in [9.17, 15) is 19.2 Å². The average Bonchev–Trinajstić information content (AvgIpc) is 3.22. The Morgan fingerprint density at radius 3 is 2.15 bits per heavy atom. The molecule has 0 N–H and O–H groups in total. The number of hydrogen-bond acceptors (Lipinski definition) is 11. The molecule has 4 rings (SSSR count). The SMILES string of the molecule is CCOC(=O)C1=C(C)N=c2s/c(=C\c3ccc(OC(C)=O)c(OC)c3)c(=O)n2[C@@H]1c1ccc(OC(C)=O)c(OC)c1. The lowest BCUT2D eigenvalue weighted by atomic mass is 9.95. The molecule has 0 bridgehead atoms. The van der Waals surface area contributed by atoms with Gasteiger partial charge in [0, 0.05) is 13.8 Å². The van der Waals surface area contributed by atoms with Crippen LogP contribution in [0.2, 0.25) is 0 Å². The minimum Gasteiger partial charge on any atom is -0.493 e. The third-order valence-corrected chi connectivity index (χ3v) is 7.00. The molecule has 0 radical (unpaired) electrons. The first kappa shape index (κ1) is 29.3. The summed E-state index contributed by atoms with van der Waals surface area (Å²) >= 11 is 1.15. The molecule has 41 heavy (non-hydrogen) atoms. The van der Waals surface area contributed by atoms with Crippen LogP contribution < -0.4 is 33.8 Å². The summed E-state index contributed by atoms with van der Waals surface area (Å²) in [5, 5.41) is 0. The van der Waals surface area contributed by atoms with E-state index in [2.05, 4.69) is 4.99 Å². The molecule has 0 fully saturated rings. The van der Waals surface area contributed by atoms with Gasteiger partial charge in [-0.25, -0.2) is 9.79 Å². The quantitative estimate of drug-likeness (QED) is 0.291. The second kappa shape index (κ2) is 12.2. The Kier molecular flexibility index (Phi) is 8.72. The number of carbonyl (C=O) groups is 3. The van der Waals surface area contributed by atoms with Gasteiger partial charge in [0.25, 0.3) is 5.56 Å². The van der Waals surface area contributed by atoms with Crippen molar-refractivity contribution in [2.45, 2.75) is 33.7 Å². The van der Waals surface area contributed by atoms with Gasteiger partial charge in [-0.15, -0.1) is 0 Å². The summed E-state index contributed by atoms with van der Waals surface area (Å²) in [6, 6.07) is 8.81. The fourth-order valence-electron chi connectivity index (χ4n) is 4.36. The van der Waals surface area contributed by atoms with Crippen LogP contribution >= 0.6 is 11.3 Å². The van der Waals surface area contributed by atoms with E-state index in [0.717, 1.165) is 11.3 Å². The third-order valence-electron chi connectivity index (χ3n) is 6.01. The zero-order chi connectivity index (χ0) is 29.8. The minimum absolute atomic E-state index is 0.132. The monoisotopic (exact) mass is 580 g/mol. The summed E-state index contributed by atoms with van der Waals surface area (Å²) in [5.41, 5.74) is 1.35. The number of esters is 3. The van der Waals surface area contributed by atoms with E-state index in [4.69, 9.17) is 23.7 Å². The maximum Gasteiger partial charge on any atom is 0.338 e. The van der Waals surface area contributed by atoms with Crippen LogP contribution in [0.4, 0.5) is 0 Å². The number of ether oxygens (including phenoxy) is 5. The summed E-state index contributed by atoms with van der Waals surface area (Å²) in [6.45, 7) is 6.06. The molecule has 2 aromatic carbocycles. The number of fused-ring (bicyclic) bond motifs is 1. The van der Waals surface area contributed by atoms with Crippen molar-refractivity contribution in [3.05, 3.63) is 78.5 Å². The fraction of sp³-hybridized carbons (Fsp3) is 0.276. The normalized spacial score (nSPS) is 14.6. The Morgan fingerprint density at radius 2 is 1.56 bits per heavy atom. The Bertz CT molecular complexity index is 1750. The summed E-state index contributed by atoms with van der Waals surface area (Å²) in [7, 11) is 2.87. The van der Waals surface area contributed by atoms with Crippen molar-refractivity contribution in [1.82, 2.24) is 4.57 Å². The summed E-state index contributed by atoms with van der Waals surface area (Å²) in [6.07, 6.45) is 1.66. The van der Waals surface area contributed by atoms with E-state index in [-0.39, 0.29) is 35.0 Å². The largest absolute Gasteiger partial charge is 0.493 e. The van der Waals surface area contributed by atoms with E-state index in [0.29, 0.717) is 31.9 Å². The van der Waals surface area contributed by atoms with Crippen molar-refractivity contribution in [2.75, 3.05) is 20.8 Å². The molecule has 0 aliphatic carbocycles. The van der Waals surface area contributed by atoms with Crippen molar-refractivity contribution >= 4 is 35.3 Å². The van der Waals surface area contributed by atoms with E-state index in [1.807, 2.05) is 0 Å².